The molecule has 3 rings (SSSR count). The normalized spacial score (nSPS) is 23.1. The maximum Gasteiger partial charge on any atom is 0.240 e. The second-order valence-corrected chi connectivity index (χ2v) is 4.77. The van der Waals surface area contributed by atoms with Gasteiger partial charge in [-0.05, 0) is 31.1 Å². The highest BCUT2D eigenvalue weighted by Gasteiger charge is 2.08. The number of hydrogen-bond donors (Lipinski definition) is 1. The highest BCUT2D eigenvalue weighted by molar-refractivity contribution is 5.96. The van der Waals surface area contributed by atoms with Gasteiger partial charge >= 0.3 is 0 Å². The van der Waals surface area contributed by atoms with Gasteiger partial charge in [-0.3, -0.25) is 4.99 Å². The summed E-state index contributed by atoms with van der Waals surface area (Å²) in [5.74, 6) is 0.606. The summed E-state index contributed by atoms with van der Waals surface area (Å²) in [6.45, 7) is 1.99. The molecule has 0 atom stereocenters. The second kappa shape index (κ2) is 5.75. The van der Waals surface area contributed by atoms with E-state index in [1.807, 2.05) is 49.2 Å². The number of fused-ring (bicyclic) bond motifs is 1. The van der Waals surface area contributed by atoms with Crippen molar-refractivity contribution >= 4 is 22.7 Å². The highest BCUT2D eigenvalue weighted by atomic mass is 15.3. The van der Waals surface area contributed by atoms with E-state index in [1.165, 1.54) is 0 Å². The minimum atomic E-state index is 0.606. The zero-order valence-corrected chi connectivity index (χ0v) is 12.1. The largest absolute Gasteiger partial charge is 0.356 e. The predicted molar refractivity (Wildman–Crippen MR) is 86.5 cm³/mol. The fraction of sp³-hybridized carbons (Fsp3) is 0.188. The number of anilines is 1. The molecule has 0 aliphatic carbocycles. The summed E-state index contributed by atoms with van der Waals surface area (Å²) in [4.78, 5) is 8.62. The third-order valence-electron chi connectivity index (χ3n) is 3.31. The maximum atomic E-state index is 4.39. The molecule has 3 heterocycles. The number of hydrogen-bond acceptors (Lipinski definition) is 4. The van der Waals surface area contributed by atoms with Gasteiger partial charge in [0.1, 0.15) is 0 Å². The fourth-order valence-corrected chi connectivity index (χ4v) is 2.21. The van der Waals surface area contributed by atoms with Crippen LogP contribution in [0.3, 0.4) is 0 Å². The quantitative estimate of drug-likeness (QED) is 0.919. The lowest BCUT2D eigenvalue weighted by atomic mass is 10.1. The summed E-state index contributed by atoms with van der Waals surface area (Å²) < 4.78 is 1.84. The molecule has 0 spiro atoms. The first-order valence-electron chi connectivity index (χ1n) is 6.88. The molecule has 1 N–H and O–H groups in total. The van der Waals surface area contributed by atoms with E-state index in [0.717, 1.165) is 28.8 Å². The van der Waals surface area contributed by atoms with Gasteiger partial charge in [-0.2, -0.15) is 0 Å². The van der Waals surface area contributed by atoms with Crippen LogP contribution in [0.25, 0.3) is 11.1 Å². The summed E-state index contributed by atoms with van der Waals surface area (Å²) in [5.41, 5.74) is 4.25. The lowest BCUT2D eigenvalue weighted by Crippen LogP contribution is -2.00. The zero-order chi connectivity index (χ0) is 14.7. The first-order valence-corrected chi connectivity index (χ1v) is 6.88. The molecule has 5 heteroatoms. The van der Waals surface area contributed by atoms with Crippen molar-refractivity contribution in [2.75, 3.05) is 12.4 Å². The molecule has 0 saturated carbocycles. The van der Waals surface area contributed by atoms with Gasteiger partial charge in [-0.25, -0.2) is 9.50 Å². The Labute approximate surface area is 123 Å². The van der Waals surface area contributed by atoms with E-state index in [1.54, 1.807) is 0 Å². The summed E-state index contributed by atoms with van der Waals surface area (Å²) >= 11 is 0. The van der Waals surface area contributed by atoms with E-state index in [0.29, 0.717) is 5.95 Å². The standard InChI is InChI=1S/C16H17N5/c1-12-6-7-13(5-3-4-9-18-12)14-8-10-21-15(14)11-19-16(17-2)20-21/h4-11H,3H2,1-2H3,(H,17,20)/b7-6-,9-4-,13-5+,18-12+. The Morgan fingerprint density at radius 2 is 2.19 bits per heavy atom. The maximum absolute atomic E-state index is 4.39. The Morgan fingerprint density at radius 3 is 3.05 bits per heavy atom. The second-order valence-electron chi connectivity index (χ2n) is 4.77. The van der Waals surface area contributed by atoms with Gasteiger partial charge in [-0.15, -0.1) is 5.10 Å². The van der Waals surface area contributed by atoms with E-state index in [9.17, 15) is 0 Å². The Morgan fingerprint density at radius 1 is 1.29 bits per heavy atom. The SMILES string of the molecule is CNc1ncc2c(C3=C/C\C=C/N=C(C)/C=C\3)ccn2n1. The smallest absolute Gasteiger partial charge is 0.240 e. The van der Waals surface area contributed by atoms with Crippen molar-refractivity contribution in [3.05, 3.63) is 54.5 Å². The monoisotopic (exact) mass is 279 g/mol. The van der Waals surface area contributed by atoms with Crippen LogP contribution in [0, 0.1) is 0 Å². The average Bonchev–Trinajstić information content (AvgIpc) is 2.95. The molecule has 5 nitrogen and oxygen atoms in total. The van der Waals surface area contributed by atoms with Gasteiger partial charge < -0.3 is 5.32 Å². The van der Waals surface area contributed by atoms with Crippen LogP contribution < -0.4 is 5.32 Å². The van der Waals surface area contributed by atoms with Crippen LogP contribution in [0.4, 0.5) is 5.95 Å². The van der Waals surface area contributed by atoms with Crippen LogP contribution >= 0.6 is 0 Å². The lowest BCUT2D eigenvalue weighted by Gasteiger charge is -2.03. The molecule has 0 amide bonds. The molecule has 1 aliphatic heterocycles. The molecule has 2 aromatic rings. The molecular weight excluding hydrogens is 262 g/mol. The number of nitrogens with one attached hydrogen (secondary N) is 1. The van der Waals surface area contributed by atoms with Gasteiger partial charge in [-0.1, -0.05) is 18.2 Å². The van der Waals surface area contributed by atoms with Crippen molar-refractivity contribution in [2.45, 2.75) is 13.3 Å². The van der Waals surface area contributed by atoms with Crippen LogP contribution in [0.2, 0.25) is 0 Å². The molecule has 1 aliphatic rings. The molecule has 0 radical (unpaired) electrons. The third-order valence-corrected chi connectivity index (χ3v) is 3.31. The van der Waals surface area contributed by atoms with E-state index in [2.05, 4.69) is 38.6 Å². The first-order chi connectivity index (χ1) is 10.3. The molecule has 106 valence electrons. The summed E-state index contributed by atoms with van der Waals surface area (Å²) in [5, 5.41) is 7.33. The Bertz CT molecular complexity index is 777. The molecule has 0 aromatic carbocycles. The summed E-state index contributed by atoms with van der Waals surface area (Å²) in [7, 11) is 1.81. The van der Waals surface area contributed by atoms with Gasteiger partial charge in [0.2, 0.25) is 5.95 Å². The molecule has 21 heavy (non-hydrogen) atoms. The fourth-order valence-electron chi connectivity index (χ4n) is 2.21. The third kappa shape index (κ3) is 2.76. The zero-order valence-electron chi connectivity index (χ0n) is 12.1. The Kier molecular flexibility index (Phi) is 3.64. The minimum absolute atomic E-state index is 0.606. The van der Waals surface area contributed by atoms with Crippen molar-refractivity contribution in [3.63, 3.8) is 0 Å². The first kappa shape index (κ1) is 13.3. The van der Waals surface area contributed by atoms with Crippen molar-refractivity contribution in [3.8, 4) is 0 Å². The van der Waals surface area contributed by atoms with Crippen molar-refractivity contribution in [2.24, 2.45) is 4.99 Å². The number of aromatic nitrogens is 3. The van der Waals surface area contributed by atoms with Crippen LogP contribution in [-0.2, 0) is 0 Å². The molecule has 2 aromatic heterocycles. The number of nitrogens with zero attached hydrogens (tertiary/aromatic N) is 4. The van der Waals surface area contributed by atoms with Crippen molar-refractivity contribution < 1.29 is 0 Å². The molecule has 0 bridgehead atoms. The van der Waals surface area contributed by atoms with Crippen molar-refractivity contribution in [1.82, 2.24) is 14.6 Å². The van der Waals surface area contributed by atoms with Crippen LogP contribution in [-0.4, -0.2) is 27.4 Å². The van der Waals surface area contributed by atoms with E-state index >= 15 is 0 Å². The number of aliphatic imine (C=N–C) groups is 1. The summed E-state index contributed by atoms with van der Waals surface area (Å²) in [6.07, 6.45) is 14.8. The van der Waals surface area contributed by atoms with E-state index in [4.69, 9.17) is 0 Å². The van der Waals surface area contributed by atoms with Crippen LogP contribution in [0.15, 0.2) is 54.0 Å². The summed E-state index contributed by atoms with van der Waals surface area (Å²) in [6, 6.07) is 2.06. The van der Waals surface area contributed by atoms with Crippen LogP contribution in [0.1, 0.15) is 18.9 Å². The van der Waals surface area contributed by atoms with Gasteiger partial charge in [0.25, 0.3) is 0 Å². The van der Waals surface area contributed by atoms with Crippen molar-refractivity contribution in [1.29, 1.82) is 0 Å². The Balaban J connectivity index is 2.07. The topological polar surface area (TPSA) is 54.6 Å². The molecular formula is C16H17N5. The Hall–Kier alpha value is -2.69. The van der Waals surface area contributed by atoms with E-state index in [-0.39, 0.29) is 0 Å². The van der Waals surface area contributed by atoms with Gasteiger partial charge in [0.15, 0.2) is 0 Å². The average molecular weight is 279 g/mol. The molecule has 0 fully saturated rings. The number of allylic oxidation sites excluding steroid dienone is 5. The van der Waals surface area contributed by atoms with Crippen LogP contribution in [0.5, 0.6) is 0 Å². The van der Waals surface area contributed by atoms with E-state index < -0.39 is 0 Å². The number of rotatable bonds is 2. The lowest BCUT2D eigenvalue weighted by molar-refractivity contribution is 0.908. The molecule has 0 unspecified atom stereocenters. The van der Waals surface area contributed by atoms with Gasteiger partial charge in [0, 0.05) is 30.7 Å². The minimum Gasteiger partial charge on any atom is -0.356 e. The molecule has 0 saturated heterocycles. The highest BCUT2D eigenvalue weighted by Crippen LogP contribution is 2.23. The van der Waals surface area contributed by atoms with Gasteiger partial charge in [0.05, 0.1) is 11.7 Å². The predicted octanol–water partition coefficient (Wildman–Crippen LogP) is 3.09.